The first kappa shape index (κ1) is 12.5. The predicted octanol–water partition coefficient (Wildman–Crippen LogP) is 3.25. The van der Waals surface area contributed by atoms with E-state index in [-0.39, 0.29) is 5.92 Å². The Morgan fingerprint density at radius 3 is 2.58 bits per heavy atom. The Bertz CT molecular complexity index is 477. The van der Waals surface area contributed by atoms with Gasteiger partial charge in [-0.15, -0.1) is 0 Å². The molecule has 1 aromatic rings. The first-order valence-electron chi connectivity index (χ1n) is 7.25. The summed E-state index contributed by atoms with van der Waals surface area (Å²) < 4.78 is 0. The minimum absolute atomic E-state index is 0.351. The fourth-order valence-corrected chi connectivity index (χ4v) is 3.55. The Kier molecular flexibility index (Phi) is 3.21. The summed E-state index contributed by atoms with van der Waals surface area (Å²) in [5.74, 6) is -0.223. The number of aliphatic carboxylic acids is 1. The molecule has 0 bridgehead atoms. The lowest BCUT2D eigenvalue weighted by Crippen LogP contribution is -2.37. The molecule has 1 aromatic carbocycles. The highest BCUT2D eigenvalue weighted by atomic mass is 16.4. The van der Waals surface area contributed by atoms with Crippen molar-refractivity contribution >= 4 is 11.7 Å². The molecule has 1 unspecified atom stereocenters. The van der Waals surface area contributed by atoms with E-state index in [1.165, 1.54) is 25.7 Å². The standard InChI is InChI=1S/C16H21NO2/c1-11-6-8-12(9-7-11)17-10-14(16(18)19)13-4-2-3-5-15(13)17/h2-5,11-12,14H,6-10H2,1H3,(H,18,19). The summed E-state index contributed by atoms with van der Waals surface area (Å²) in [6.45, 7) is 2.96. The third-order valence-electron chi connectivity index (χ3n) is 4.73. The highest BCUT2D eigenvalue weighted by Crippen LogP contribution is 2.40. The van der Waals surface area contributed by atoms with Crippen LogP contribution in [0.3, 0.4) is 0 Å². The van der Waals surface area contributed by atoms with E-state index >= 15 is 0 Å². The summed E-state index contributed by atoms with van der Waals surface area (Å²) in [4.78, 5) is 13.8. The summed E-state index contributed by atoms with van der Waals surface area (Å²) in [7, 11) is 0. The Balaban J connectivity index is 1.86. The number of benzene rings is 1. The average Bonchev–Trinajstić information content (AvgIpc) is 2.79. The highest BCUT2D eigenvalue weighted by molar-refractivity contribution is 5.83. The lowest BCUT2D eigenvalue weighted by atomic mass is 9.86. The second-order valence-electron chi connectivity index (χ2n) is 6.02. The van der Waals surface area contributed by atoms with E-state index in [2.05, 4.69) is 17.9 Å². The van der Waals surface area contributed by atoms with Crippen molar-refractivity contribution < 1.29 is 9.90 Å². The van der Waals surface area contributed by atoms with Gasteiger partial charge in [-0.1, -0.05) is 25.1 Å². The van der Waals surface area contributed by atoms with Gasteiger partial charge < -0.3 is 10.0 Å². The molecular formula is C16H21NO2. The normalized spacial score (nSPS) is 30.2. The SMILES string of the molecule is CC1CCC(N2CC(C(=O)O)c3ccccc32)CC1. The van der Waals surface area contributed by atoms with Gasteiger partial charge in [0.25, 0.3) is 0 Å². The zero-order chi connectivity index (χ0) is 13.4. The molecule has 19 heavy (non-hydrogen) atoms. The summed E-state index contributed by atoms with van der Waals surface area (Å²) >= 11 is 0. The number of nitrogens with zero attached hydrogens (tertiary/aromatic N) is 1. The molecule has 1 aliphatic carbocycles. The molecule has 0 amide bonds. The molecule has 102 valence electrons. The van der Waals surface area contributed by atoms with Gasteiger partial charge in [0.2, 0.25) is 0 Å². The van der Waals surface area contributed by atoms with Crippen LogP contribution < -0.4 is 4.90 Å². The van der Waals surface area contributed by atoms with Crippen LogP contribution in [0.4, 0.5) is 5.69 Å². The highest BCUT2D eigenvalue weighted by Gasteiger charge is 2.37. The average molecular weight is 259 g/mol. The summed E-state index contributed by atoms with van der Waals surface area (Å²) in [6, 6.07) is 8.54. The van der Waals surface area contributed by atoms with E-state index in [9.17, 15) is 9.90 Å². The fourth-order valence-electron chi connectivity index (χ4n) is 3.55. The van der Waals surface area contributed by atoms with Crippen LogP contribution in [0, 0.1) is 5.92 Å². The number of rotatable bonds is 2. The van der Waals surface area contributed by atoms with Crippen molar-refractivity contribution in [2.45, 2.75) is 44.6 Å². The van der Waals surface area contributed by atoms with Crippen LogP contribution in [-0.4, -0.2) is 23.7 Å². The summed E-state index contributed by atoms with van der Waals surface area (Å²) in [6.07, 6.45) is 4.92. The third-order valence-corrected chi connectivity index (χ3v) is 4.73. The van der Waals surface area contributed by atoms with Gasteiger partial charge >= 0.3 is 5.97 Å². The van der Waals surface area contributed by atoms with Gasteiger partial charge in [0.05, 0.1) is 0 Å². The van der Waals surface area contributed by atoms with Crippen molar-refractivity contribution in [3.63, 3.8) is 0 Å². The molecule has 1 N–H and O–H groups in total. The number of hydrogen-bond acceptors (Lipinski definition) is 2. The number of carboxylic acids is 1. The molecule has 1 fully saturated rings. The van der Waals surface area contributed by atoms with Crippen molar-refractivity contribution in [3.05, 3.63) is 29.8 Å². The molecule has 0 aromatic heterocycles. The second-order valence-corrected chi connectivity index (χ2v) is 6.02. The van der Waals surface area contributed by atoms with E-state index in [4.69, 9.17) is 0 Å². The quantitative estimate of drug-likeness (QED) is 0.886. The van der Waals surface area contributed by atoms with Crippen LogP contribution in [0.5, 0.6) is 0 Å². The van der Waals surface area contributed by atoms with E-state index < -0.39 is 5.97 Å². The fraction of sp³-hybridized carbons (Fsp3) is 0.562. The zero-order valence-corrected chi connectivity index (χ0v) is 11.4. The van der Waals surface area contributed by atoms with Crippen molar-refractivity contribution in [2.24, 2.45) is 5.92 Å². The smallest absolute Gasteiger partial charge is 0.312 e. The van der Waals surface area contributed by atoms with E-state index in [0.717, 1.165) is 17.2 Å². The Morgan fingerprint density at radius 2 is 1.89 bits per heavy atom. The number of anilines is 1. The Morgan fingerprint density at radius 1 is 1.21 bits per heavy atom. The van der Waals surface area contributed by atoms with Crippen molar-refractivity contribution in [1.82, 2.24) is 0 Å². The minimum atomic E-state index is -0.695. The third kappa shape index (κ3) is 2.22. The molecule has 1 aliphatic heterocycles. The monoisotopic (exact) mass is 259 g/mol. The number of hydrogen-bond donors (Lipinski definition) is 1. The first-order chi connectivity index (χ1) is 9.16. The molecule has 3 heteroatoms. The van der Waals surface area contributed by atoms with E-state index in [1.807, 2.05) is 18.2 Å². The molecule has 1 heterocycles. The number of fused-ring (bicyclic) bond motifs is 1. The zero-order valence-electron chi connectivity index (χ0n) is 11.4. The topological polar surface area (TPSA) is 40.5 Å². The maximum Gasteiger partial charge on any atom is 0.312 e. The van der Waals surface area contributed by atoms with Gasteiger partial charge in [-0.25, -0.2) is 0 Å². The number of carbonyl (C=O) groups is 1. The molecular weight excluding hydrogens is 238 g/mol. The number of para-hydroxylation sites is 1. The molecule has 1 saturated carbocycles. The largest absolute Gasteiger partial charge is 0.481 e. The molecule has 3 rings (SSSR count). The van der Waals surface area contributed by atoms with Crippen LogP contribution in [0.25, 0.3) is 0 Å². The predicted molar refractivity (Wildman–Crippen MR) is 75.6 cm³/mol. The molecule has 0 saturated heterocycles. The van der Waals surface area contributed by atoms with Gasteiger partial charge in [-0.05, 0) is 43.2 Å². The Labute approximate surface area is 114 Å². The lowest BCUT2D eigenvalue weighted by molar-refractivity contribution is -0.138. The van der Waals surface area contributed by atoms with Gasteiger partial charge in [0.15, 0.2) is 0 Å². The van der Waals surface area contributed by atoms with Crippen LogP contribution in [0.1, 0.15) is 44.1 Å². The van der Waals surface area contributed by atoms with Gasteiger partial charge in [-0.3, -0.25) is 4.79 Å². The van der Waals surface area contributed by atoms with E-state index in [0.29, 0.717) is 12.6 Å². The molecule has 0 spiro atoms. The maximum absolute atomic E-state index is 11.4. The molecule has 1 atom stereocenters. The van der Waals surface area contributed by atoms with Gasteiger partial charge in [0.1, 0.15) is 5.92 Å². The van der Waals surface area contributed by atoms with Crippen LogP contribution in [0.15, 0.2) is 24.3 Å². The Hall–Kier alpha value is -1.51. The van der Waals surface area contributed by atoms with Crippen molar-refractivity contribution in [2.75, 3.05) is 11.4 Å². The second kappa shape index (κ2) is 4.87. The van der Waals surface area contributed by atoms with Crippen LogP contribution in [0.2, 0.25) is 0 Å². The molecule has 3 nitrogen and oxygen atoms in total. The maximum atomic E-state index is 11.4. The summed E-state index contributed by atoms with van der Waals surface area (Å²) in [5.41, 5.74) is 2.14. The van der Waals surface area contributed by atoms with Gasteiger partial charge in [0, 0.05) is 18.3 Å². The lowest BCUT2D eigenvalue weighted by Gasteiger charge is -2.35. The first-order valence-corrected chi connectivity index (χ1v) is 7.25. The van der Waals surface area contributed by atoms with Crippen LogP contribution >= 0.6 is 0 Å². The van der Waals surface area contributed by atoms with Crippen molar-refractivity contribution in [3.8, 4) is 0 Å². The van der Waals surface area contributed by atoms with Crippen LogP contribution in [-0.2, 0) is 4.79 Å². The molecule has 2 aliphatic rings. The van der Waals surface area contributed by atoms with E-state index in [1.54, 1.807) is 0 Å². The number of carboxylic acid groups (broad SMARTS) is 1. The molecule has 0 radical (unpaired) electrons. The minimum Gasteiger partial charge on any atom is -0.481 e. The summed E-state index contributed by atoms with van der Waals surface area (Å²) in [5, 5.41) is 9.39. The van der Waals surface area contributed by atoms with Crippen molar-refractivity contribution in [1.29, 1.82) is 0 Å². The van der Waals surface area contributed by atoms with Gasteiger partial charge in [-0.2, -0.15) is 0 Å².